The Balaban J connectivity index is 0.00000225. The monoisotopic (exact) mass is 380 g/mol. The lowest BCUT2D eigenvalue weighted by Crippen LogP contribution is -2.50. The lowest BCUT2D eigenvalue weighted by Gasteiger charge is -2.35. The first kappa shape index (κ1) is 19.8. The molecule has 1 aromatic carbocycles. The standard InChI is InChI=1S/C18H24N4OS.ClH/c1-14-4-3-5-15(10-14)12-24-13-17(23)22-9-6-19-11-16(22)18-20-7-8-21(18)2;/h3-5,7-8,10,16,19H,6,9,11-13H2,1-2H3;1H. The number of imidazole rings is 1. The molecule has 1 unspecified atom stereocenters. The second kappa shape index (κ2) is 9.27. The van der Waals surface area contributed by atoms with Crippen molar-refractivity contribution >= 4 is 30.1 Å². The molecule has 0 radical (unpaired) electrons. The van der Waals surface area contributed by atoms with Gasteiger partial charge in [0.05, 0.1) is 5.75 Å². The number of rotatable bonds is 5. The van der Waals surface area contributed by atoms with Crippen LogP contribution in [0, 0.1) is 6.92 Å². The van der Waals surface area contributed by atoms with Crippen molar-refractivity contribution in [2.75, 3.05) is 25.4 Å². The largest absolute Gasteiger partial charge is 0.336 e. The molecule has 0 bridgehead atoms. The number of nitrogens with one attached hydrogen (secondary N) is 1. The zero-order chi connectivity index (χ0) is 16.9. The van der Waals surface area contributed by atoms with Crippen LogP contribution in [-0.2, 0) is 17.6 Å². The Bertz CT molecular complexity index is 706. The van der Waals surface area contributed by atoms with E-state index in [4.69, 9.17) is 0 Å². The zero-order valence-electron chi connectivity index (χ0n) is 14.6. The van der Waals surface area contributed by atoms with Crippen molar-refractivity contribution in [3.8, 4) is 0 Å². The van der Waals surface area contributed by atoms with E-state index < -0.39 is 0 Å². The van der Waals surface area contributed by atoms with Crippen LogP contribution in [0.1, 0.15) is 23.0 Å². The molecule has 25 heavy (non-hydrogen) atoms. The SMILES string of the molecule is Cc1cccc(CSCC(=O)N2CCNCC2c2nccn2C)c1.Cl. The van der Waals surface area contributed by atoms with E-state index >= 15 is 0 Å². The number of nitrogens with zero attached hydrogens (tertiary/aromatic N) is 3. The minimum absolute atomic E-state index is 0. The van der Waals surface area contributed by atoms with Crippen LogP contribution in [0.5, 0.6) is 0 Å². The highest BCUT2D eigenvalue weighted by Gasteiger charge is 2.30. The van der Waals surface area contributed by atoms with E-state index in [9.17, 15) is 4.79 Å². The van der Waals surface area contributed by atoms with E-state index in [1.807, 2.05) is 22.7 Å². The molecular formula is C18H25ClN4OS. The van der Waals surface area contributed by atoms with Crippen LogP contribution in [0.2, 0.25) is 0 Å². The molecule has 5 nitrogen and oxygen atoms in total. The lowest BCUT2D eigenvalue weighted by molar-refractivity contribution is -0.131. The summed E-state index contributed by atoms with van der Waals surface area (Å²) in [6.07, 6.45) is 3.72. The Morgan fingerprint density at radius 3 is 3.00 bits per heavy atom. The third-order valence-corrected chi connectivity index (χ3v) is 5.29. The Morgan fingerprint density at radius 1 is 1.44 bits per heavy atom. The summed E-state index contributed by atoms with van der Waals surface area (Å²) in [4.78, 5) is 19.1. The van der Waals surface area contributed by atoms with Gasteiger partial charge in [-0.1, -0.05) is 29.8 Å². The average molecular weight is 381 g/mol. The molecule has 136 valence electrons. The third kappa shape index (κ3) is 5.00. The van der Waals surface area contributed by atoms with Gasteiger partial charge in [-0.25, -0.2) is 4.98 Å². The molecule has 1 N–H and O–H groups in total. The predicted molar refractivity (Wildman–Crippen MR) is 105 cm³/mol. The van der Waals surface area contributed by atoms with Crippen LogP contribution >= 0.6 is 24.2 Å². The van der Waals surface area contributed by atoms with Crippen LogP contribution in [0.3, 0.4) is 0 Å². The fraction of sp³-hybridized carbons (Fsp3) is 0.444. The molecule has 1 fully saturated rings. The first-order valence-corrected chi connectivity index (χ1v) is 9.41. The van der Waals surface area contributed by atoms with Crippen molar-refractivity contribution in [2.45, 2.75) is 18.7 Å². The Kier molecular flexibility index (Phi) is 7.35. The van der Waals surface area contributed by atoms with Crippen molar-refractivity contribution in [3.63, 3.8) is 0 Å². The van der Waals surface area contributed by atoms with Crippen molar-refractivity contribution in [2.24, 2.45) is 7.05 Å². The maximum atomic E-state index is 12.7. The van der Waals surface area contributed by atoms with Crippen LogP contribution in [0.15, 0.2) is 36.7 Å². The number of halogens is 1. The fourth-order valence-corrected chi connectivity index (χ4v) is 3.93. The number of carbonyl (C=O) groups is 1. The summed E-state index contributed by atoms with van der Waals surface area (Å²) in [6.45, 7) is 4.44. The molecule has 2 heterocycles. The highest BCUT2D eigenvalue weighted by Crippen LogP contribution is 2.22. The van der Waals surface area contributed by atoms with Gasteiger partial charge >= 0.3 is 0 Å². The van der Waals surface area contributed by atoms with Gasteiger partial charge in [0.1, 0.15) is 11.9 Å². The summed E-state index contributed by atoms with van der Waals surface area (Å²) in [5.41, 5.74) is 2.53. The molecule has 1 aromatic heterocycles. The van der Waals surface area contributed by atoms with Crippen LogP contribution in [0.4, 0.5) is 0 Å². The minimum Gasteiger partial charge on any atom is -0.336 e. The smallest absolute Gasteiger partial charge is 0.233 e. The second-order valence-corrected chi connectivity index (χ2v) is 7.17. The summed E-state index contributed by atoms with van der Waals surface area (Å²) in [6, 6.07) is 8.48. The van der Waals surface area contributed by atoms with Crippen LogP contribution < -0.4 is 5.32 Å². The number of piperazine rings is 1. The molecule has 0 aliphatic carbocycles. The third-order valence-electron chi connectivity index (χ3n) is 4.30. The molecule has 1 aliphatic rings. The number of thioether (sulfide) groups is 1. The molecule has 7 heteroatoms. The molecule has 1 saturated heterocycles. The van der Waals surface area contributed by atoms with E-state index in [0.717, 1.165) is 31.2 Å². The average Bonchev–Trinajstić information content (AvgIpc) is 3.01. The van der Waals surface area contributed by atoms with Gasteiger partial charge in [0, 0.05) is 44.8 Å². The van der Waals surface area contributed by atoms with E-state index in [1.165, 1.54) is 11.1 Å². The summed E-state index contributed by atoms with van der Waals surface area (Å²) < 4.78 is 2.00. The normalized spacial score (nSPS) is 17.2. The lowest BCUT2D eigenvalue weighted by atomic mass is 10.1. The Hall–Kier alpha value is -1.50. The number of amides is 1. The number of aryl methyl sites for hydroxylation is 2. The van der Waals surface area contributed by atoms with E-state index in [2.05, 4.69) is 41.5 Å². The molecule has 1 aliphatic heterocycles. The number of carbonyl (C=O) groups excluding carboxylic acids is 1. The van der Waals surface area contributed by atoms with E-state index in [1.54, 1.807) is 18.0 Å². The van der Waals surface area contributed by atoms with Crippen molar-refractivity contribution in [1.82, 2.24) is 19.8 Å². The number of hydrogen-bond acceptors (Lipinski definition) is 4. The highest BCUT2D eigenvalue weighted by molar-refractivity contribution is 7.99. The highest BCUT2D eigenvalue weighted by atomic mass is 35.5. The predicted octanol–water partition coefficient (Wildman–Crippen LogP) is 2.56. The van der Waals surface area contributed by atoms with Crippen LogP contribution in [0.25, 0.3) is 0 Å². The first-order chi connectivity index (χ1) is 11.6. The summed E-state index contributed by atoms with van der Waals surface area (Å²) in [5.74, 6) is 2.52. The summed E-state index contributed by atoms with van der Waals surface area (Å²) in [7, 11) is 1.98. The van der Waals surface area contributed by atoms with Gasteiger partial charge in [-0.05, 0) is 12.5 Å². The summed E-state index contributed by atoms with van der Waals surface area (Å²) in [5, 5.41) is 3.37. The maximum absolute atomic E-state index is 12.7. The van der Waals surface area contributed by atoms with Crippen LogP contribution in [-0.4, -0.2) is 45.7 Å². The van der Waals surface area contributed by atoms with E-state index in [0.29, 0.717) is 5.75 Å². The molecule has 2 aromatic rings. The van der Waals surface area contributed by atoms with Gasteiger partial charge in [-0.15, -0.1) is 24.2 Å². The second-order valence-electron chi connectivity index (χ2n) is 6.19. The maximum Gasteiger partial charge on any atom is 0.233 e. The zero-order valence-corrected chi connectivity index (χ0v) is 16.3. The van der Waals surface area contributed by atoms with Gasteiger partial charge in [-0.3, -0.25) is 4.79 Å². The molecule has 0 saturated carbocycles. The van der Waals surface area contributed by atoms with Gasteiger partial charge in [-0.2, -0.15) is 0 Å². The van der Waals surface area contributed by atoms with E-state index in [-0.39, 0.29) is 24.4 Å². The van der Waals surface area contributed by atoms with Crippen molar-refractivity contribution in [1.29, 1.82) is 0 Å². The first-order valence-electron chi connectivity index (χ1n) is 8.26. The van der Waals surface area contributed by atoms with Crippen molar-refractivity contribution in [3.05, 3.63) is 53.6 Å². The Labute approximate surface area is 159 Å². The molecule has 1 atom stereocenters. The molecule has 3 rings (SSSR count). The minimum atomic E-state index is 0. The summed E-state index contributed by atoms with van der Waals surface area (Å²) >= 11 is 1.68. The van der Waals surface area contributed by atoms with Gasteiger partial charge in [0.25, 0.3) is 0 Å². The molecule has 0 spiro atoms. The Morgan fingerprint density at radius 2 is 2.28 bits per heavy atom. The van der Waals surface area contributed by atoms with Gasteiger partial charge < -0.3 is 14.8 Å². The number of aromatic nitrogens is 2. The van der Waals surface area contributed by atoms with Crippen molar-refractivity contribution < 1.29 is 4.79 Å². The topological polar surface area (TPSA) is 50.2 Å². The fourth-order valence-electron chi connectivity index (χ4n) is 3.07. The van der Waals surface area contributed by atoms with Gasteiger partial charge in [0.15, 0.2) is 0 Å². The quantitative estimate of drug-likeness (QED) is 0.866. The number of benzene rings is 1. The number of hydrogen-bond donors (Lipinski definition) is 1. The van der Waals surface area contributed by atoms with Gasteiger partial charge in [0.2, 0.25) is 5.91 Å². The molecular weight excluding hydrogens is 356 g/mol. The molecule has 1 amide bonds.